The van der Waals surface area contributed by atoms with E-state index in [9.17, 15) is 4.79 Å². The number of amides is 1. The Kier molecular flexibility index (Phi) is 6.47. The molecule has 4 rings (SSSR count). The maximum Gasteiger partial charge on any atom is 0.253 e. The van der Waals surface area contributed by atoms with Crippen LogP contribution >= 0.6 is 0 Å². The van der Waals surface area contributed by atoms with Crippen molar-refractivity contribution in [2.75, 3.05) is 28.2 Å². The Morgan fingerprint density at radius 1 is 0.909 bits per heavy atom. The molecular weight excluding hydrogens is 412 g/mol. The minimum absolute atomic E-state index is 0.0272. The van der Waals surface area contributed by atoms with Gasteiger partial charge in [-0.15, -0.1) is 0 Å². The fraction of sp³-hybridized carbons (Fsp3) is 0.259. The second-order valence-corrected chi connectivity index (χ2v) is 8.75. The molecule has 4 aromatic rings. The van der Waals surface area contributed by atoms with E-state index in [-0.39, 0.29) is 11.9 Å². The van der Waals surface area contributed by atoms with Crippen LogP contribution in [0.4, 0.5) is 0 Å². The highest BCUT2D eigenvalue weighted by atomic mass is 16.5. The third kappa shape index (κ3) is 4.91. The molecule has 0 fully saturated rings. The highest BCUT2D eigenvalue weighted by molar-refractivity contribution is 5.94. The van der Waals surface area contributed by atoms with Gasteiger partial charge < -0.3 is 19.1 Å². The first-order chi connectivity index (χ1) is 15.8. The summed E-state index contributed by atoms with van der Waals surface area (Å²) in [5.41, 5.74) is 1.87. The zero-order chi connectivity index (χ0) is 23.5. The fourth-order valence-electron chi connectivity index (χ4n) is 3.97. The van der Waals surface area contributed by atoms with E-state index in [1.54, 1.807) is 31.1 Å². The molecule has 2 atom stereocenters. The number of likely N-dealkylation sites (N-methyl/N-ethyl adjacent to an activating group) is 1. The summed E-state index contributed by atoms with van der Waals surface area (Å²) >= 11 is 0. The summed E-state index contributed by atoms with van der Waals surface area (Å²) < 4.78 is 8.20. The molecule has 2 unspecified atom stereocenters. The average molecular weight is 443 g/mol. The molecule has 0 aliphatic carbocycles. The normalized spacial score (nSPS) is 13.2. The number of carbonyl (C=O) groups is 1. The Balaban J connectivity index is 1.58. The Morgan fingerprint density at radius 2 is 1.58 bits per heavy atom. The topological polar surface area (TPSA) is 50.6 Å². The lowest BCUT2D eigenvalue weighted by Crippen LogP contribution is -2.34. The Hall–Kier alpha value is -3.64. The van der Waals surface area contributed by atoms with Crippen LogP contribution in [0.2, 0.25) is 0 Å². The molecule has 6 nitrogen and oxygen atoms in total. The first-order valence-electron chi connectivity index (χ1n) is 11.0. The highest BCUT2D eigenvalue weighted by Crippen LogP contribution is 2.30. The Labute approximate surface area is 195 Å². The van der Waals surface area contributed by atoms with Gasteiger partial charge in [-0.05, 0) is 79.8 Å². The molecule has 0 spiro atoms. The molecule has 0 aliphatic rings. The number of benzene rings is 3. The smallest absolute Gasteiger partial charge is 0.253 e. The van der Waals surface area contributed by atoms with E-state index >= 15 is 0 Å². The molecule has 0 radical (unpaired) electrons. The Bertz CT molecular complexity index is 1230. The van der Waals surface area contributed by atoms with Crippen molar-refractivity contribution in [2.45, 2.75) is 19.0 Å². The Morgan fingerprint density at radius 3 is 2.21 bits per heavy atom. The summed E-state index contributed by atoms with van der Waals surface area (Å²) in [7, 11) is 7.68. The SMILES string of the molecule is CC(C(c1ccc2cc(Oc3ccc(C(=O)N(C)C)cc3)ccc2c1)n1ccnc1)N(C)C. The summed E-state index contributed by atoms with van der Waals surface area (Å²) in [4.78, 5) is 20.1. The molecule has 0 saturated carbocycles. The van der Waals surface area contributed by atoms with Crippen molar-refractivity contribution in [3.05, 3.63) is 90.5 Å². The van der Waals surface area contributed by atoms with Crippen molar-refractivity contribution in [1.82, 2.24) is 19.4 Å². The molecule has 170 valence electrons. The van der Waals surface area contributed by atoms with Crippen molar-refractivity contribution >= 4 is 16.7 Å². The molecule has 0 bridgehead atoms. The van der Waals surface area contributed by atoms with Gasteiger partial charge in [-0.1, -0.05) is 18.2 Å². The van der Waals surface area contributed by atoms with Crippen LogP contribution in [0, 0.1) is 0 Å². The predicted molar refractivity (Wildman–Crippen MR) is 132 cm³/mol. The third-order valence-corrected chi connectivity index (χ3v) is 6.04. The molecule has 33 heavy (non-hydrogen) atoms. The first kappa shape index (κ1) is 22.6. The van der Waals surface area contributed by atoms with Gasteiger partial charge in [0.2, 0.25) is 0 Å². The van der Waals surface area contributed by atoms with Crippen LogP contribution < -0.4 is 4.74 Å². The van der Waals surface area contributed by atoms with Crippen molar-refractivity contribution in [1.29, 1.82) is 0 Å². The van der Waals surface area contributed by atoms with E-state index < -0.39 is 0 Å². The predicted octanol–water partition coefficient (Wildman–Crippen LogP) is 5.07. The van der Waals surface area contributed by atoms with E-state index in [0.29, 0.717) is 17.4 Å². The quantitative estimate of drug-likeness (QED) is 0.401. The lowest BCUT2D eigenvalue weighted by Gasteiger charge is -2.31. The minimum Gasteiger partial charge on any atom is -0.457 e. The minimum atomic E-state index is -0.0272. The largest absolute Gasteiger partial charge is 0.457 e. The van der Waals surface area contributed by atoms with E-state index in [2.05, 4.69) is 59.7 Å². The first-order valence-corrected chi connectivity index (χ1v) is 11.0. The number of aromatic nitrogens is 2. The highest BCUT2D eigenvalue weighted by Gasteiger charge is 2.23. The van der Waals surface area contributed by atoms with E-state index in [1.165, 1.54) is 5.56 Å². The van der Waals surface area contributed by atoms with Crippen molar-refractivity contribution in [2.24, 2.45) is 0 Å². The summed E-state index contributed by atoms with van der Waals surface area (Å²) in [5, 5.41) is 2.26. The lowest BCUT2D eigenvalue weighted by molar-refractivity contribution is 0.0827. The van der Waals surface area contributed by atoms with Gasteiger partial charge in [0.1, 0.15) is 11.5 Å². The molecule has 0 aliphatic heterocycles. The zero-order valence-electron chi connectivity index (χ0n) is 19.8. The van der Waals surface area contributed by atoms with Gasteiger partial charge in [-0.3, -0.25) is 4.79 Å². The van der Waals surface area contributed by atoms with Crippen LogP contribution in [0.3, 0.4) is 0 Å². The molecule has 1 heterocycles. The van der Waals surface area contributed by atoms with Gasteiger partial charge in [0.15, 0.2) is 0 Å². The van der Waals surface area contributed by atoms with E-state index in [1.807, 2.05) is 43.0 Å². The molecular formula is C27H30N4O2. The molecule has 6 heteroatoms. The number of hydrogen-bond donors (Lipinski definition) is 0. The fourth-order valence-corrected chi connectivity index (χ4v) is 3.97. The van der Waals surface area contributed by atoms with E-state index in [0.717, 1.165) is 16.5 Å². The van der Waals surface area contributed by atoms with Crippen LogP contribution in [0.5, 0.6) is 11.5 Å². The standard InChI is InChI=1S/C27H30N4O2/c1-19(29(2)3)26(31-15-14-28-18-31)23-7-6-22-17-25(13-10-21(22)16-23)33-24-11-8-20(9-12-24)27(32)30(4)5/h6-19,26H,1-5H3. The monoisotopic (exact) mass is 442 g/mol. The van der Waals surface area contributed by atoms with Crippen LogP contribution in [0.1, 0.15) is 28.9 Å². The molecule has 0 N–H and O–H groups in total. The lowest BCUT2D eigenvalue weighted by atomic mass is 9.96. The second kappa shape index (κ2) is 9.46. The van der Waals surface area contributed by atoms with Gasteiger partial charge in [0.05, 0.1) is 12.4 Å². The molecule has 0 saturated heterocycles. The number of nitrogens with zero attached hydrogens (tertiary/aromatic N) is 4. The second-order valence-electron chi connectivity index (χ2n) is 8.75. The van der Waals surface area contributed by atoms with Gasteiger partial charge >= 0.3 is 0 Å². The molecule has 1 aromatic heterocycles. The van der Waals surface area contributed by atoms with Crippen molar-refractivity contribution in [3.63, 3.8) is 0 Å². The van der Waals surface area contributed by atoms with Gasteiger partial charge in [0.25, 0.3) is 5.91 Å². The number of hydrogen-bond acceptors (Lipinski definition) is 4. The summed E-state index contributed by atoms with van der Waals surface area (Å²) in [6.07, 6.45) is 5.72. The maximum absolute atomic E-state index is 12.1. The van der Waals surface area contributed by atoms with Crippen LogP contribution in [0.15, 0.2) is 79.4 Å². The van der Waals surface area contributed by atoms with Crippen molar-refractivity contribution in [3.8, 4) is 11.5 Å². The summed E-state index contributed by atoms with van der Waals surface area (Å²) in [5.74, 6) is 1.43. The molecule has 3 aromatic carbocycles. The third-order valence-electron chi connectivity index (χ3n) is 6.04. The molecule has 1 amide bonds. The van der Waals surface area contributed by atoms with Gasteiger partial charge in [-0.25, -0.2) is 4.98 Å². The number of rotatable bonds is 7. The van der Waals surface area contributed by atoms with Crippen LogP contribution in [-0.4, -0.2) is 59.5 Å². The van der Waals surface area contributed by atoms with E-state index in [4.69, 9.17) is 4.74 Å². The number of fused-ring (bicyclic) bond motifs is 1. The van der Waals surface area contributed by atoms with Gasteiger partial charge in [0, 0.05) is 38.1 Å². The number of imidazole rings is 1. The van der Waals surface area contributed by atoms with Crippen LogP contribution in [-0.2, 0) is 0 Å². The zero-order valence-corrected chi connectivity index (χ0v) is 19.8. The number of carbonyl (C=O) groups excluding carboxylic acids is 1. The average Bonchev–Trinajstić information content (AvgIpc) is 3.33. The van der Waals surface area contributed by atoms with Crippen molar-refractivity contribution < 1.29 is 9.53 Å². The summed E-state index contributed by atoms with van der Waals surface area (Å²) in [6, 6.07) is 20.3. The maximum atomic E-state index is 12.1. The van der Waals surface area contributed by atoms with Gasteiger partial charge in [-0.2, -0.15) is 0 Å². The van der Waals surface area contributed by atoms with Crippen LogP contribution in [0.25, 0.3) is 10.8 Å². The number of ether oxygens (including phenoxy) is 1. The summed E-state index contributed by atoms with van der Waals surface area (Å²) in [6.45, 7) is 2.23.